The molecule has 0 saturated carbocycles. The summed E-state index contributed by atoms with van der Waals surface area (Å²) in [7, 11) is -3.10. The maximum absolute atomic E-state index is 12.4. The van der Waals surface area contributed by atoms with Crippen LogP contribution in [0.4, 0.5) is 0 Å². The van der Waals surface area contributed by atoms with Crippen LogP contribution in [0.15, 0.2) is 42.9 Å². The largest absolute Gasteiger partial charge is 0.451 e. The van der Waals surface area contributed by atoms with Gasteiger partial charge in [0.1, 0.15) is 0 Å². The van der Waals surface area contributed by atoms with Crippen molar-refractivity contribution < 1.29 is 22.7 Å². The third-order valence-electron chi connectivity index (χ3n) is 4.52. The molecular formula is C18H21N3O5S. The fraction of sp³-hybridized carbons (Fsp3) is 0.389. The van der Waals surface area contributed by atoms with Gasteiger partial charge in [-0.2, -0.15) is 0 Å². The summed E-state index contributed by atoms with van der Waals surface area (Å²) in [5, 5.41) is 0. The molecule has 1 amide bonds. The molecule has 0 spiro atoms. The maximum Gasteiger partial charge on any atom is 0.357 e. The second-order valence-electron chi connectivity index (χ2n) is 6.30. The summed E-state index contributed by atoms with van der Waals surface area (Å²) in [5.41, 5.74) is 0.958. The van der Waals surface area contributed by atoms with Crippen LogP contribution in [0.2, 0.25) is 0 Å². The van der Waals surface area contributed by atoms with E-state index in [1.165, 1.54) is 17.4 Å². The molecule has 9 heteroatoms. The number of rotatable bonds is 6. The van der Waals surface area contributed by atoms with Crippen LogP contribution in [-0.4, -0.2) is 65.4 Å². The Bertz CT molecular complexity index is 923. The summed E-state index contributed by atoms with van der Waals surface area (Å²) < 4.78 is 30.0. The third kappa shape index (κ3) is 4.36. The Labute approximate surface area is 157 Å². The summed E-state index contributed by atoms with van der Waals surface area (Å²) in [6.45, 7) is 1.69. The number of benzene rings is 1. The van der Waals surface area contributed by atoms with Crippen molar-refractivity contribution in [2.45, 2.75) is 19.4 Å². The van der Waals surface area contributed by atoms with E-state index in [9.17, 15) is 18.0 Å². The molecule has 1 aliphatic heterocycles. The molecule has 2 aromatic rings. The van der Waals surface area contributed by atoms with Crippen molar-refractivity contribution in [2.24, 2.45) is 0 Å². The predicted molar refractivity (Wildman–Crippen MR) is 98.3 cm³/mol. The lowest BCUT2D eigenvalue weighted by Crippen LogP contribution is -2.43. The smallest absolute Gasteiger partial charge is 0.357 e. The predicted octanol–water partition coefficient (Wildman–Crippen LogP) is 1.06. The zero-order valence-electron chi connectivity index (χ0n) is 14.9. The van der Waals surface area contributed by atoms with Gasteiger partial charge in [-0.05, 0) is 25.5 Å². The molecule has 1 aromatic carbocycles. The number of aromatic nitrogens is 2. The highest BCUT2D eigenvalue weighted by atomic mass is 32.2. The SMILES string of the molecule is CCN(C(=O)COC(=O)c1cncn1-c1ccccc1)C1CCS(=O)(=O)C1. The molecule has 1 atom stereocenters. The fourth-order valence-corrected chi connectivity index (χ4v) is 4.91. The summed E-state index contributed by atoms with van der Waals surface area (Å²) in [5.74, 6) is -1.03. The third-order valence-corrected chi connectivity index (χ3v) is 6.27. The summed E-state index contributed by atoms with van der Waals surface area (Å²) in [4.78, 5) is 30.3. The number of sulfone groups is 1. The van der Waals surface area contributed by atoms with Crippen molar-refractivity contribution >= 4 is 21.7 Å². The van der Waals surface area contributed by atoms with Gasteiger partial charge in [-0.25, -0.2) is 18.2 Å². The molecule has 1 saturated heterocycles. The number of esters is 1. The number of imidazole rings is 1. The van der Waals surface area contributed by atoms with Gasteiger partial charge in [0.15, 0.2) is 22.1 Å². The van der Waals surface area contributed by atoms with Gasteiger partial charge < -0.3 is 9.64 Å². The average molecular weight is 391 g/mol. The Balaban J connectivity index is 1.64. The lowest BCUT2D eigenvalue weighted by Gasteiger charge is -2.26. The van der Waals surface area contributed by atoms with Crippen LogP contribution in [0.3, 0.4) is 0 Å². The number of carbonyl (C=O) groups is 2. The van der Waals surface area contributed by atoms with Gasteiger partial charge in [-0.3, -0.25) is 9.36 Å². The summed E-state index contributed by atoms with van der Waals surface area (Å²) in [6, 6.07) is 8.82. The minimum atomic E-state index is -3.10. The van der Waals surface area contributed by atoms with Crippen molar-refractivity contribution in [2.75, 3.05) is 24.7 Å². The van der Waals surface area contributed by atoms with Gasteiger partial charge in [0.2, 0.25) is 0 Å². The number of para-hydroxylation sites is 1. The Hall–Kier alpha value is -2.68. The quantitative estimate of drug-likeness (QED) is 0.683. The summed E-state index contributed by atoms with van der Waals surface area (Å²) >= 11 is 0. The highest BCUT2D eigenvalue weighted by molar-refractivity contribution is 7.91. The average Bonchev–Trinajstić information content (AvgIpc) is 3.28. The van der Waals surface area contributed by atoms with Gasteiger partial charge >= 0.3 is 5.97 Å². The van der Waals surface area contributed by atoms with Crippen molar-refractivity contribution in [1.29, 1.82) is 0 Å². The number of hydrogen-bond donors (Lipinski definition) is 0. The van der Waals surface area contributed by atoms with Crippen LogP contribution < -0.4 is 0 Å². The van der Waals surface area contributed by atoms with Crippen molar-refractivity contribution in [1.82, 2.24) is 14.5 Å². The number of carbonyl (C=O) groups excluding carboxylic acids is 2. The zero-order chi connectivity index (χ0) is 19.4. The van der Waals surface area contributed by atoms with Gasteiger partial charge in [-0.15, -0.1) is 0 Å². The van der Waals surface area contributed by atoms with E-state index in [1.54, 1.807) is 11.5 Å². The molecule has 1 aromatic heterocycles. The number of ether oxygens (including phenoxy) is 1. The normalized spacial score (nSPS) is 18.2. The van der Waals surface area contributed by atoms with Crippen LogP contribution in [0, 0.1) is 0 Å². The van der Waals surface area contributed by atoms with Crippen LogP contribution >= 0.6 is 0 Å². The molecule has 1 unspecified atom stereocenters. The number of hydrogen-bond acceptors (Lipinski definition) is 6. The standard InChI is InChI=1S/C18H21N3O5S/c1-2-20(15-8-9-27(24,25)12-15)17(22)11-26-18(23)16-10-19-13-21(16)14-6-4-3-5-7-14/h3-7,10,13,15H,2,8-9,11-12H2,1H3. The molecule has 2 heterocycles. The Morgan fingerprint density at radius 2 is 2.04 bits per heavy atom. The second kappa shape index (κ2) is 7.91. The van der Waals surface area contributed by atoms with Crippen LogP contribution in [-0.2, 0) is 19.4 Å². The Morgan fingerprint density at radius 1 is 1.30 bits per heavy atom. The molecule has 0 radical (unpaired) electrons. The first-order valence-electron chi connectivity index (χ1n) is 8.66. The second-order valence-corrected chi connectivity index (χ2v) is 8.53. The topological polar surface area (TPSA) is 98.6 Å². The zero-order valence-corrected chi connectivity index (χ0v) is 15.8. The molecule has 1 aliphatic rings. The van der Waals surface area contributed by atoms with E-state index in [1.807, 2.05) is 30.3 Å². The first-order valence-corrected chi connectivity index (χ1v) is 10.5. The number of nitrogens with zero attached hydrogens (tertiary/aromatic N) is 3. The highest BCUT2D eigenvalue weighted by Crippen LogP contribution is 2.18. The monoisotopic (exact) mass is 391 g/mol. The first-order chi connectivity index (χ1) is 12.9. The van der Waals surface area contributed by atoms with Gasteiger partial charge in [0, 0.05) is 18.3 Å². The van der Waals surface area contributed by atoms with Crippen molar-refractivity contribution in [3.63, 3.8) is 0 Å². The van der Waals surface area contributed by atoms with E-state index < -0.39 is 28.3 Å². The minimum absolute atomic E-state index is 0.0404. The lowest BCUT2D eigenvalue weighted by atomic mass is 10.2. The molecule has 3 rings (SSSR count). The molecule has 0 aliphatic carbocycles. The van der Waals surface area contributed by atoms with Crippen LogP contribution in [0.5, 0.6) is 0 Å². The van der Waals surface area contributed by atoms with Crippen molar-refractivity contribution in [3.05, 3.63) is 48.5 Å². The van der Waals surface area contributed by atoms with E-state index in [2.05, 4.69) is 4.98 Å². The number of likely N-dealkylation sites (N-methyl/N-ethyl adjacent to an activating group) is 1. The molecule has 0 N–H and O–H groups in total. The lowest BCUT2D eigenvalue weighted by molar-refractivity contribution is -0.136. The first kappa shape index (κ1) is 19.1. The van der Waals surface area contributed by atoms with E-state index in [4.69, 9.17) is 4.74 Å². The fourth-order valence-electron chi connectivity index (χ4n) is 3.18. The van der Waals surface area contributed by atoms with Gasteiger partial charge in [0.25, 0.3) is 5.91 Å². The maximum atomic E-state index is 12.4. The van der Waals surface area contributed by atoms with Crippen molar-refractivity contribution in [3.8, 4) is 5.69 Å². The van der Waals surface area contributed by atoms with E-state index in [0.717, 1.165) is 5.69 Å². The molecule has 1 fully saturated rings. The molecule has 0 bridgehead atoms. The summed E-state index contributed by atoms with van der Waals surface area (Å²) in [6.07, 6.45) is 3.28. The van der Waals surface area contributed by atoms with E-state index in [0.29, 0.717) is 13.0 Å². The van der Waals surface area contributed by atoms with E-state index >= 15 is 0 Å². The number of amides is 1. The molecule has 144 valence electrons. The molecule has 27 heavy (non-hydrogen) atoms. The Kier molecular flexibility index (Phi) is 5.59. The van der Waals surface area contributed by atoms with Gasteiger partial charge in [-0.1, -0.05) is 18.2 Å². The minimum Gasteiger partial charge on any atom is -0.451 e. The highest BCUT2D eigenvalue weighted by Gasteiger charge is 2.34. The Morgan fingerprint density at radius 3 is 2.67 bits per heavy atom. The van der Waals surface area contributed by atoms with Crippen LogP contribution in [0.25, 0.3) is 5.69 Å². The van der Waals surface area contributed by atoms with E-state index in [-0.39, 0.29) is 23.2 Å². The van der Waals surface area contributed by atoms with Gasteiger partial charge in [0.05, 0.1) is 24.0 Å². The van der Waals surface area contributed by atoms with Crippen LogP contribution in [0.1, 0.15) is 23.8 Å². The molecular weight excluding hydrogens is 370 g/mol. The molecule has 8 nitrogen and oxygen atoms in total.